The van der Waals surface area contributed by atoms with Gasteiger partial charge in [-0.05, 0) is 0 Å². The monoisotopic (exact) mass is 719 g/mol. The van der Waals surface area contributed by atoms with Crippen LogP contribution in [0.4, 0.5) is 0 Å². The van der Waals surface area contributed by atoms with E-state index in [1.54, 1.807) is 4.60 Å². The standard InChI is InChI=1S/C24H20N2O2.C4H6.2CH3.3Y/c1-13-7-15(3)22-17(9-13)19(11-25-22)24(6-5-21(27)28-24)20-12-26-23-16(4)8-14(2)10-18(20)23;1-3-4-2;;;;;/h7-12,25-26H,1-4H3;1-2H3;2*1H3;;;. The molecule has 6 rings (SSSR count). The first-order chi connectivity index (χ1) is 17.4. The van der Waals surface area contributed by atoms with E-state index in [0.717, 1.165) is 22.2 Å². The fourth-order valence-electron chi connectivity index (χ4n) is 7.22. The molecule has 0 fully saturated rings. The van der Waals surface area contributed by atoms with Gasteiger partial charge in [0.25, 0.3) is 0 Å². The van der Waals surface area contributed by atoms with E-state index in [1.165, 1.54) is 61.3 Å². The van der Waals surface area contributed by atoms with Gasteiger partial charge in [0.05, 0.1) is 0 Å². The molecular weight excluding hydrogens is 687 g/mol. The Morgan fingerprint density at radius 1 is 0.865 bits per heavy atom. The topological polar surface area (TPSA) is 57.9 Å². The molecule has 0 saturated carbocycles. The Morgan fingerprint density at radius 3 is 1.84 bits per heavy atom. The molecule has 0 radical (unpaired) electrons. The van der Waals surface area contributed by atoms with Crippen molar-refractivity contribution >= 4 is 32.4 Å². The maximum atomic E-state index is 14.2. The van der Waals surface area contributed by atoms with Crippen molar-refractivity contribution in [2.75, 3.05) is 0 Å². The molecule has 1 unspecified atom stereocenters. The summed E-state index contributed by atoms with van der Waals surface area (Å²) in [5, 5.41) is 2.34. The number of hydrogen-bond donors (Lipinski definition) is 2. The van der Waals surface area contributed by atoms with E-state index in [0.29, 0.717) is 0 Å². The van der Waals surface area contributed by atoms with E-state index in [9.17, 15) is 4.79 Å². The third-order valence-electron chi connectivity index (χ3n) is 9.36. The Labute approximate surface area is 245 Å². The molecule has 0 spiro atoms. The van der Waals surface area contributed by atoms with E-state index in [-0.39, 0.29) is 5.97 Å². The van der Waals surface area contributed by atoms with Crippen LogP contribution in [-0.4, -0.2) is 20.5 Å². The van der Waals surface area contributed by atoms with Crippen molar-refractivity contribution in [2.45, 2.75) is 54.6 Å². The predicted molar refractivity (Wildman–Crippen MR) is 143 cm³/mol. The van der Waals surface area contributed by atoms with Gasteiger partial charge in [0, 0.05) is 0 Å². The molecule has 2 aliphatic heterocycles. The molecule has 0 amide bonds. The molecule has 37 heavy (non-hydrogen) atoms. The zero-order valence-corrected chi connectivity index (χ0v) is 31.5. The van der Waals surface area contributed by atoms with Crippen molar-refractivity contribution in [1.29, 1.82) is 0 Å². The van der Waals surface area contributed by atoms with Crippen molar-refractivity contribution in [2.24, 2.45) is 0 Å². The van der Waals surface area contributed by atoms with E-state index in [4.69, 9.17) is 4.74 Å². The van der Waals surface area contributed by atoms with Crippen molar-refractivity contribution in [3.8, 4) is 0 Å². The summed E-state index contributed by atoms with van der Waals surface area (Å²) >= 11 is -4.47. The Kier molecular flexibility index (Phi) is 6.67. The van der Waals surface area contributed by atoms with Crippen LogP contribution in [0.2, 0.25) is 7.47 Å². The number of benzene rings is 2. The van der Waals surface area contributed by atoms with Gasteiger partial charge < -0.3 is 0 Å². The number of nitrogens with one attached hydrogen (secondary N) is 2. The number of carbonyl (C=O) groups excluding carboxylic acids is 1. The molecule has 2 aliphatic rings. The van der Waals surface area contributed by atoms with Gasteiger partial charge >= 0.3 is 249 Å². The molecule has 4 aromatic rings. The molecule has 0 aliphatic carbocycles. The molecule has 1 atom stereocenters. The number of carbonyl (C=O) groups is 1. The third-order valence-corrected chi connectivity index (χ3v) is 43.5. The van der Waals surface area contributed by atoms with Gasteiger partial charge in [-0.3, -0.25) is 0 Å². The summed E-state index contributed by atoms with van der Waals surface area (Å²) in [7, 11) is 0. The van der Waals surface area contributed by atoms with E-state index >= 15 is 0 Å². The van der Waals surface area contributed by atoms with Gasteiger partial charge in [-0.2, -0.15) is 0 Å². The van der Waals surface area contributed by atoms with Gasteiger partial charge in [-0.25, -0.2) is 0 Å². The Bertz CT molecular complexity index is 1740. The Morgan fingerprint density at radius 2 is 1.35 bits per heavy atom. The fraction of sp³-hybridized carbons (Fsp3) is 0.300. The van der Waals surface area contributed by atoms with Gasteiger partial charge in [-0.1, -0.05) is 0 Å². The number of ether oxygens (including phenoxy) is 1. The van der Waals surface area contributed by atoms with Gasteiger partial charge in [0.1, 0.15) is 0 Å². The minimum absolute atomic E-state index is 0.0291. The van der Waals surface area contributed by atoms with Crippen molar-refractivity contribution < 1.29 is 77.6 Å². The number of rotatable bonds is 2. The second kappa shape index (κ2) is 9.15. The van der Waals surface area contributed by atoms with Crippen LogP contribution in [0.1, 0.15) is 47.2 Å². The number of esters is 1. The minimum atomic E-state index is -3.09. The van der Waals surface area contributed by atoms with Crippen LogP contribution in [-0.2, 0) is 83.2 Å². The van der Waals surface area contributed by atoms with Crippen molar-refractivity contribution in [3.63, 3.8) is 0 Å². The summed E-state index contributed by atoms with van der Waals surface area (Å²) in [5.41, 5.74) is 8.51. The van der Waals surface area contributed by atoms with Crippen molar-refractivity contribution in [1.82, 2.24) is 9.97 Å². The fourth-order valence-corrected chi connectivity index (χ4v) is 60.1. The van der Waals surface area contributed by atoms with E-state index in [1.807, 2.05) is 0 Å². The Hall–Kier alpha value is -0.218. The molecule has 0 bridgehead atoms. The molecule has 2 aromatic carbocycles. The van der Waals surface area contributed by atoms with Crippen LogP contribution >= 0.6 is 0 Å². The second-order valence-corrected chi connectivity index (χ2v) is 48.6. The number of aromatic amines is 2. The average Bonchev–Trinajstić information content (AvgIpc) is 3.51. The van der Waals surface area contributed by atoms with Gasteiger partial charge in [0.15, 0.2) is 0 Å². The van der Waals surface area contributed by atoms with E-state index in [2.05, 4.69) is 95.6 Å². The number of hydrogen-bond acceptors (Lipinski definition) is 2. The van der Waals surface area contributed by atoms with Crippen LogP contribution in [0.15, 0.2) is 41.4 Å². The molecule has 183 valence electrons. The summed E-state index contributed by atoms with van der Waals surface area (Å²) in [6, 6.07) is 8.99. The van der Waals surface area contributed by atoms with Crippen LogP contribution in [0.3, 0.4) is 0 Å². The molecule has 0 saturated heterocycles. The first kappa shape index (κ1) is 27.0. The molecule has 7 heteroatoms. The van der Waals surface area contributed by atoms with Crippen LogP contribution in [0.5, 0.6) is 0 Å². The summed E-state index contributed by atoms with van der Waals surface area (Å²) in [4.78, 5) is 21.3. The maximum absolute atomic E-state index is 14.2. The second-order valence-electron chi connectivity index (χ2n) is 11.8. The Balaban J connectivity index is 1.85. The molecule has 2 aromatic heterocycles. The first-order valence-corrected chi connectivity index (χ1v) is 35.9. The average molecular weight is 719 g/mol. The van der Waals surface area contributed by atoms with Gasteiger partial charge in [0.2, 0.25) is 0 Å². The predicted octanol–water partition coefficient (Wildman–Crippen LogP) is 6.62. The number of H-pyrrole nitrogens is 2. The number of aryl methyl sites for hydroxylation is 4. The van der Waals surface area contributed by atoms with Gasteiger partial charge in [-0.15, -0.1) is 0 Å². The summed E-state index contributed by atoms with van der Waals surface area (Å²) in [6.07, 6.45) is 4.28. The normalized spacial score (nSPS) is 19.6. The quantitative estimate of drug-likeness (QED) is 0.229. The summed E-state index contributed by atoms with van der Waals surface area (Å²) in [5.74, 6) is -0.0291. The summed E-state index contributed by atoms with van der Waals surface area (Å²) < 4.78 is 17.7. The van der Waals surface area contributed by atoms with Crippen molar-refractivity contribution in [3.05, 3.63) is 74.8 Å². The zero-order valence-electron chi connectivity index (χ0n) is 23.0. The zero-order chi connectivity index (χ0) is 26.6. The van der Waals surface area contributed by atoms with Crippen LogP contribution < -0.4 is 0 Å². The number of fused-ring (bicyclic) bond motifs is 2. The SMILES string of the molecule is C[C]1=[Y]([CH3])[C]2=[C](C(=O)OC2(c2c[nH]c3c(C)cc(C)cc23)c2c[nH]c3c(C)cc(C)cc23)[Y]([CH3])([Y])=[C]1C. The first-order valence-electron chi connectivity index (χ1n) is 13.2. The number of cyclic esters (lactones) is 1. The third kappa shape index (κ3) is 3.72. The summed E-state index contributed by atoms with van der Waals surface area (Å²) in [6.45, 7) is 13.4. The van der Waals surface area contributed by atoms with E-state index < -0.39 is 50.2 Å². The van der Waals surface area contributed by atoms with Crippen LogP contribution in [0.25, 0.3) is 21.8 Å². The molecule has 4 nitrogen and oxygen atoms in total. The van der Waals surface area contributed by atoms with Crippen LogP contribution in [0, 0.1) is 27.7 Å². The molecule has 4 heterocycles. The molecule has 2 N–H and O–H groups in total. The number of aromatic nitrogens is 2. The molecular formula is C30H32N2O2Y3.